The molecule has 1 unspecified atom stereocenters. The number of H-pyrrole nitrogens is 1. The van der Waals surface area contributed by atoms with Crippen LogP contribution >= 0.6 is 11.8 Å². The molecule has 5 rings (SSSR count). The van der Waals surface area contributed by atoms with Crippen LogP contribution in [0.4, 0.5) is 5.69 Å². The summed E-state index contributed by atoms with van der Waals surface area (Å²) in [6.45, 7) is 2.05. The molecular formula is C23H19N3O2S. The van der Waals surface area contributed by atoms with E-state index in [2.05, 4.69) is 18.0 Å². The fourth-order valence-electron chi connectivity index (χ4n) is 3.70. The van der Waals surface area contributed by atoms with Crippen molar-refractivity contribution >= 4 is 34.4 Å². The minimum atomic E-state index is -0.143. The number of hydrogen-bond acceptors (Lipinski definition) is 4. The average molecular weight is 401 g/mol. The quantitative estimate of drug-likeness (QED) is 0.506. The van der Waals surface area contributed by atoms with Crippen molar-refractivity contribution in [2.24, 2.45) is 0 Å². The number of nitrogens with zero attached hydrogens (tertiary/aromatic N) is 2. The van der Waals surface area contributed by atoms with Gasteiger partial charge in [0.05, 0.1) is 22.5 Å². The number of aromatic hydroxyl groups is 1. The molecule has 4 aromatic rings. The van der Waals surface area contributed by atoms with Crippen LogP contribution in [0.25, 0.3) is 22.4 Å². The van der Waals surface area contributed by atoms with Crippen molar-refractivity contribution in [2.75, 3.05) is 10.7 Å². The van der Waals surface area contributed by atoms with E-state index in [9.17, 15) is 9.90 Å². The van der Waals surface area contributed by atoms with E-state index >= 15 is 0 Å². The molecule has 1 aliphatic heterocycles. The zero-order chi connectivity index (χ0) is 20.0. The lowest BCUT2D eigenvalue weighted by atomic mass is 10.1. The van der Waals surface area contributed by atoms with Gasteiger partial charge < -0.3 is 10.1 Å². The molecule has 0 saturated carbocycles. The minimum absolute atomic E-state index is 0.0625. The molecule has 29 heavy (non-hydrogen) atoms. The summed E-state index contributed by atoms with van der Waals surface area (Å²) >= 11 is 1.59. The Bertz CT molecular complexity index is 1220. The van der Waals surface area contributed by atoms with Gasteiger partial charge in [-0.15, -0.1) is 11.8 Å². The lowest BCUT2D eigenvalue weighted by molar-refractivity contribution is -0.115. The number of rotatable bonds is 3. The number of aromatic amines is 1. The molecule has 0 spiro atoms. The molecule has 144 valence electrons. The van der Waals surface area contributed by atoms with Gasteiger partial charge in [0.25, 0.3) is 0 Å². The SMILES string of the molecule is Cc1ccc2nc(-c3ccccc3N3C(=O)CSC3c3ccc(O)cc3)[nH]c2c1. The fourth-order valence-corrected chi connectivity index (χ4v) is 4.87. The second-order valence-corrected chi connectivity index (χ2v) is 8.21. The van der Waals surface area contributed by atoms with Gasteiger partial charge in [-0.25, -0.2) is 4.98 Å². The summed E-state index contributed by atoms with van der Waals surface area (Å²) < 4.78 is 0. The lowest BCUT2D eigenvalue weighted by Crippen LogP contribution is -2.28. The highest BCUT2D eigenvalue weighted by atomic mass is 32.2. The molecule has 0 bridgehead atoms. The second kappa shape index (κ2) is 6.97. The van der Waals surface area contributed by atoms with Crippen LogP contribution in [-0.4, -0.2) is 26.7 Å². The fraction of sp³-hybridized carbons (Fsp3) is 0.130. The number of carbonyl (C=O) groups is 1. The highest BCUT2D eigenvalue weighted by molar-refractivity contribution is 8.00. The molecule has 2 heterocycles. The third-order valence-electron chi connectivity index (χ3n) is 5.10. The van der Waals surface area contributed by atoms with Crippen LogP contribution in [0.1, 0.15) is 16.5 Å². The Labute approximate surface area is 172 Å². The predicted molar refractivity (Wildman–Crippen MR) is 117 cm³/mol. The number of imidazole rings is 1. The molecule has 5 nitrogen and oxygen atoms in total. The normalized spacial score (nSPS) is 16.7. The lowest BCUT2D eigenvalue weighted by Gasteiger charge is -2.26. The number of phenols is 1. The highest BCUT2D eigenvalue weighted by Crippen LogP contribution is 2.44. The van der Waals surface area contributed by atoms with Crippen molar-refractivity contribution in [1.29, 1.82) is 0 Å². The van der Waals surface area contributed by atoms with Crippen molar-refractivity contribution in [1.82, 2.24) is 9.97 Å². The van der Waals surface area contributed by atoms with Crippen molar-refractivity contribution in [2.45, 2.75) is 12.3 Å². The number of anilines is 1. The van der Waals surface area contributed by atoms with Gasteiger partial charge in [0.1, 0.15) is 16.9 Å². The van der Waals surface area contributed by atoms with Crippen LogP contribution in [-0.2, 0) is 4.79 Å². The maximum atomic E-state index is 12.9. The zero-order valence-electron chi connectivity index (χ0n) is 15.8. The topological polar surface area (TPSA) is 69.2 Å². The van der Waals surface area contributed by atoms with E-state index in [1.807, 2.05) is 53.4 Å². The van der Waals surface area contributed by atoms with E-state index in [1.54, 1.807) is 23.9 Å². The molecule has 1 saturated heterocycles. The molecule has 0 aliphatic carbocycles. The van der Waals surface area contributed by atoms with Crippen LogP contribution in [0.3, 0.4) is 0 Å². The maximum absolute atomic E-state index is 12.9. The summed E-state index contributed by atoms with van der Waals surface area (Å²) in [6, 6.07) is 21.0. The average Bonchev–Trinajstić information content (AvgIpc) is 3.31. The summed E-state index contributed by atoms with van der Waals surface area (Å²) in [5, 5.41) is 9.47. The first-order valence-corrected chi connectivity index (χ1v) is 10.4. The molecule has 2 N–H and O–H groups in total. The van der Waals surface area contributed by atoms with Crippen LogP contribution in [0.2, 0.25) is 0 Å². The van der Waals surface area contributed by atoms with Gasteiger partial charge in [0.15, 0.2) is 0 Å². The first-order chi connectivity index (χ1) is 14.1. The third kappa shape index (κ3) is 3.15. The largest absolute Gasteiger partial charge is 0.508 e. The Kier molecular flexibility index (Phi) is 4.28. The molecule has 1 atom stereocenters. The van der Waals surface area contributed by atoms with Crippen LogP contribution in [0.5, 0.6) is 5.75 Å². The van der Waals surface area contributed by atoms with E-state index < -0.39 is 0 Å². The van der Waals surface area contributed by atoms with E-state index in [0.29, 0.717) is 5.75 Å². The molecule has 0 radical (unpaired) electrons. The van der Waals surface area contributed by atoms with Gasteiger partial charge in [-0.05, 0) is 54.4 Å². The first-order valence-electron chi connectivity index (χ1n) is 9.38. The molecule has 3 aromatic carbocycles. The highest BCUT2D eigenvalue weighted by Gasteiger charge is 2.35. The smallest absolute Gasteiger partial charge is 0.238 e. The number of amides is 1. The van der Waals surface area contributed by atoms with Gasteiger partial charge in [-0.2, -0.15) is 0 Å². The van der Waals surface area contributed by atoms with E-state index in [-0.39, 0.29) is 17.0 Å². The second-order valence-electron chi connectivity index (χ2n) is 7.14. The number of carbonyl (C=O) groups excluding carboxylic acids is 1. The Morgan fingerprint density at radius 3 is 2.72 bits per heavy atom. The standard InChI is InChI=1S/C23H19N3O2S/c1-14-6-11-18-19(12-14)25-22(24-18)17-4-2-3-5-20(17)26-21(28)13-29-23(26)15-7-9-16(27)10-8-15/h2-12,23,27H,13H2,1H3,(H,24,25). The van der Waals surface area contributed by atoms with E-state index in [0.717, 1.165) is 33.7 Å². The number of benzene rings is 3. The summed E-state index contributed by atoms with van der Waals surface area (Å²) in [7, 11) is 0. The molecule has 1 aromatic heterocycles. The summed E-state index contributed by atoms with van der Waals surface area (Å²) in [6.07, 6.45) is 0. The summed E-state index contributed by atoms with van der Waals surface area (Å²) in [5.74, 6) is 1.44. The molecule has 1 amide bonds. The van der Waals surface area contributed by atoms with Gasteiger partial charge >= 0.3 is 0 Å². The minimum Gasteiger partial charge on any atom is -0.508 e. The number of aromatic nitrogens is 2. The molecular weight excluding hydrogens is 382 g/mol. The number of nitrogens with one attached hydrogen (secondary N) is 1. The van der Waals surface area contributed by atoms with Crippen LogP contribution in [0, 0.1) is 6.92 Å². The monoisotopic (exact) mass is 401 g/mol. The summed E-state index contributed by atoms with van der Waals surface area (Å²) in [4.78, 5) is 22.9. The van der Waals surface area contributed by atoms with Crippen molar-refractivity contribution in [3.05, 3.63) is 77.9 Å². The van der Waals surface area contributed by atoms with Crippen LogP contribution in [0.15, 0.2) is 66.7 Å². The Morgan fingerprint density at radius 2 is 1.90 bits per heavy atom. The first kappa shape index (κ1) is 17.8. The van der Waals surface area contributed by atoms with Gasteiger partial charge in [0.2, 0.25) is 5.91 Å². The Balaban J connectivity index is 1.61. The number of para-hydroxylation sites is 1. The number of aryl methyl sites for hydroxylation is 1. The number of hydrogen-bond donors (Lipinski definition) is 2. The number of phenolic OH excluding ortho intramolecular Hbond substituents is 1. The van der Waals surface area contributed by atoms with Gasteiger partial charge in [-0.3, -0.25) is 9.69 Å². The third-order valence-corrected chi connectivity index (χ3v) is 6.31. The van der Waals surface area contributed by atoms with E-state index in [1.165, 1.54) is 5.56 Å². The van der Waals surface area contributed by atoms with E-state index in [4.69, 9.17) is 4.98 Å². The van der Waals surface area contributed by atoms with Crippen LogP contribution < -0.4 is 4.90 Å². The molecule has 1 aliphatic rings. The van der Waals surface area contributed by atoms with Crippen molar-refractivity contribution in [3.63, 3.8) is 0 Å². The predicted octanol–water partition coefficient (Wildman–Crippen LogP) is 5.02. The Hall–Kier alpha value is -3.25. The Morgan fingerprint density at radius 1 is 1.10 bits per heavy atom. The zero-order valence-corrected chi connectivity index (χ0v) is 16.6. The number of thioether (sulfide) groups is 1. The maximum Gasteiger partial charge on any atom is 0.238 e. The van der Waals surface area contributed by atoms with Crippen molar-refractivity contribution < 1.29 is 9.90 Å². The summed E-state index contributed by atoms with van der Waals surface area (Å²) in [5.41, 5.74) is 5.75. The van der Waals surface area contributed by atoms with Gasteiger partial charge in [-0.1, -0.05) is 30.3 Å². The van der Waals surface area contributed by atoms with Crippen molar-refractivity contribution in [3.8, 4) is 17.1 Å². The number of fused-ring (bicyclic) bond motifs is 1. The molecule has 6 heteroatoms. The van der Waals surface area contributed by atoms with Gasteiger partial charge in [0, 0.05) is 5.56 Å². The molecule has 1 fully saturated rings.